The van der Waals surface area contributed by atoms with Gasteiger partial charge in [0.15, 0.2) is 0 Å². The number of nitrogens with two attached hydrogens (primary N) is 1. The Hall–Kier alpha value is 2.20. The SMILES string of the molecule is C=CC(C)C.CC(C)CCN.CC(C)CC[N+](C)(C)C.CC(C)CC[N+](C)(C)C.CC(C)CC[N+](C)(C)C.CC(C)CC[N+](C)(C)C.[Ag].[I-].[I-].[OH-].[OH-].[O]=[Ag]. The third kappa shape index (κ3) is 158. The first-order valence-corrected chi connectivity index (χ1v) is 20.0. The quantitative estimate of drug-likeness (QED) is 0.118. The van der Waals surface area contributed by atoms with Crippen LogP contribution in [-0.4, -0.2) is 146 Å². The molecule has 0 aliphatic rings. The molecule has 0 saturated carbocycles. The Morgan fingerprint density at radius 1 is 0.444 bits per heavy atom. The van der Waals surface area contributed by atoms with Crippen molar-refractivity contribution < 1.29 is 124 Å². The van der Waals surface area contributed by atoms with Crippen LogP contribution in [-0.2, 0) is 46.7 Å². The molecular weight excluding hydrogens is 1090 g/mol. The standard InChI is InChI=1S/4C8H20N.C5H13N.C5H10.2Ag.2HI.2H2O.O/c4*1-8(2)6-7-9(3,4)5;1-5(2)3-4-6;1-4-5(2)3;;;;;;;/h4*8H,6-7H2,1-5H3;5H,3-4,6H2,1-2H3;4-5H,1H2,2-3H3;;;2*1H;2*1H2;/q4*+1;;;;;;;;;/p-4. The molecule has 0 aromatic rings. The average molecular weight is 1200 g/mol. The zero-order chi connectivity index (χ0) is 41.2. The van der Waals surface area contributed by atoms with E-state index in [9.17, 15) is 0 Å². The number of halogens is 2. The zero-order valence-electron chi connectivity index (χ0n) is 40.8. The van der Waals surface area contributed by atoms with Crippen LogP contribution >= 0.6 is 0 Å². The first kappa shape index (κ1) is 87.7. The molecule has 0 aromatic carbocycles. The molecule has 0 amide bonds. The van der Waals surface area contributed by atoms with E-state index in [-0.39, 0.29) is 81.3 Å². The van der Waals surface area contributed by atoms with Gasteiger partial charge in [0.05, 0.1) is 111 Å². The van der Waals surface area contributed by atoms with Crippen LogP contribution in [0.5, 0.6) is 0 Å². The molecule has 54 heavy (non-hydrogen) atoms. The van der Waals surface area contributed by atoms with Gasteiger partial charge in [-0.05, 0) is 74.2 Å². The van der Waals surface area contributed by atoms with Crippen LogP contribution in [0.2, 0.25) is 0 Å². The number of hydrogen-bond acceptors (Lipinski definition) is 4. The van der Waals surface area contributed by atoms with E-state index in [1.807, 2.05) is 6.08 Å². The van der Waals surface area contributed by atoms with Crippen molar-refractivity contribution in [3.63, 3.8) is 0 Å². The Kier molecular flexibility index (Phi) is 86.4. The van der Waals surface area contributed by atoms with Crippen molar-refractivity contribution in [1.82, 2.24) is 0 Å². The molecule has 0 fully saturated rings. The van der Waals surface area contributed by atoms with Gasteiger partial charge in [-0.1, -0.05) is 89.2 Å². The molecule has 0 unspecified atom stereocenters. The van der Waals surface area contributed by atoms with Crippen LogP contribution in [0.15, 0.2) is 12.7 Å². The summed E-state index contributed by atoms with van der Waals surface area (Å²) in [6.45, 7) is 36.3. The van der Waals surface area contributed by atoms with Crippen molar-refractivity contribution in [2.75, 3.05) is 117 Å². The summed E-state index contributed by atoms with van der Waals surface area (Å²) in [5, 5.41) is 0. The molecule has 0 aliphatic heterocycles. The summed E-state index contributed by atoms with van der Waals surface area (Å²) in [6.07, 6.45) is 8.42. The van der Waals surface area contributed by atoms with E-state index in [4.69, 9.17) is 8.98 Å². The van der Waals surface area contributed by atoms with Gasteiger partial charge in [0.2, 0.25) is 0 Å². The first-order chi connectivity index (χ1) is 21.7. The first-order valence-electron chi connectivity index (χ1n) is 19.4. The maximum atomic E-state index is 8.06. The van der Waals surface area contributed by atoms with Crippen LogP contribution in [0.1, 0.15) is 115 Å². The van der Waals surface area contributed by atoms with Gasteiger partial charge in [-0.25, -0.2) is 0 Å². The number of allylic oxidation sites excluding steroid dienone is 1. The maximum absolute atomic E-state index is 8.06. The number of hydrogen-bond donors (Lipinski definition) is 1. The molecule has 0 aromatic heterocycles. The van der Waals surface area contributed by atoms with Crippen LogP contribution in [0.25, 0.3) is 0 Å². The predicted octanol–water partition coefficient (Wildman–Crippen LogP) is 3.30. The average Bonchev–Trinajstić information content (AvgIpc) is 2.90. The van der Waals surface area contributed by atoms with Crippen molar-refractivity contribution in [2.24, 2.45) is 41.2 Å². The van der Waals surface area contributed by atoms with E-state index >= 15 is 0 Å². The molecular formula is C42H105Ag2I2N5O3. The van der Waals surface area contributed by atoms with Gasteiger partial charge in [0.1, 0.15) is 0 Å². The summed E-state index contributed by atoms with van der Waals surface area (Å²) < 4.78 is 12.4. The van der Waals surface area contributed by atoms with E-state index in [1.54, 1.807) is 21.0 Å². The number of rotatable bonds is 15. The molecule has 0 heterocycles. The molecule has 0 aliphatic carbocycles. The summed E-state index contributed by atoms with van der Waals surface area (Å²) in [7, 11) is 26.9. The summed E-state index contributed by atoms with van der Waals surface area (Å²) in [5.74, 6) is 4.82. The Bertz CT molecular complexity index is 574. The zero-order valence-corrected chi connectivity index (χ0v) is 48.1. The van der Waals surface area contributed by atoms with E-state index < -0.39 is 0 Å². The fourth-order valence-electron chi connectivity index (χ4n) is 2.92. The Labute approximate surface area is 406 Å². The molecule has 0 atom stereocenters. The van der Waals surface area contributed by atoms with Crippen LogP contribution in [0, 0.1) is 35.5 Å². The van der Waals surface area contributed by atoms with Gasteiger partial charge in [-0.2, -0.15) is 0 Å². The Morgan fingerprint density at radius 3 is 0.593 bits per heavy atom. The summed E-state index contributed by atoms with van der Waals surface area (Å²) >= 11 is 1.70. The normalized spacial score (nSPS) is 10.5. The number of nitrogens with zero attached hydrogens (tertiary/aromatic N) is 4. The molecule has 1 radical (unpaired) electrons. The van der Waals surface area contributed by atoms with Crippen molar-refractivity contribution in [2.45, 2.75) is 115 Å². The van der Waals surface area contributed by atoms with E-state index in [0.717, 1.165) is 60.5 Å². The second-order valence-electron chi connectivity index (χ2n) is 20.2. The fraction of sp³-hybridized carbons (Fsp3) is 0.952. The van der Waals surface area contributed by atoms with Crippen LogP contribution in [0.3, 0.4) is 0 Å². The summed E-state index contributed by atoms with van der Waals surface area (Å²) in [6, 6.07) is 0. The fourth-order valence-corrected chi connectivity index (χ4v) is 2.92. The van der Waals surface area contributed by atoms with Gasteiger partial charge in [0, 0.05) is 22.4 Å². The second kappa shape index (κ2) is 53.2. The Morgan fingerprint density at radius 2 is 0.574 bits per heavy atom. The van der Waals surface area contributed by atoms with Crippen molar-refractivity contribution in [3.05, 3.63) is 12.7 Å². The van der Waals surface area contributed by atoms with E-state index in [1.165, 1.54) is 51.9 Å². The molecule has 8 nitrogen and oxygen atoms in total. The monoisotopic (exact) mass is 1200 g/mol. The van der Waals surface area contributed by atoms with Gasteiger partial charge in [0.25, 0.3) is 0 Å². The van der Waals surface area contributed by atoms with Gasteiger partial charge < -0.3 is 82.6 Å². The molecule has 0 spiro atoms. The molecule has 12 heteroatoms. The molecule has 0 bridgehead atoms. The Balaban J connectivity index is -0.0000000385. The summed E-state index contributed by atoms with van der Waals surface area (Å²) in [4.78, 5) is 0. The van der Waals surface area contributed by atoms with Gasteiger partial charge in [-0.3, -0.25) is 0 Å². The van der Waals surface area contributed by atoms with Crippen molar-refractivity contribution in [1.29, 1.82) is 0 Å². The second-order valence-corrected chi connectivity index (χ2v) is 20.2. The van der Waals surface area contributed by atoms with Crippen LogP contribution < -0.4 is 53.7 Å². The topological polar surface area (TPSA) is 103 Å². The number of quaternary nitrogens is 4. The minimum absolute atomic E-state index is 0. The van der Waals surface area contributed by atoms with E-state index in [2.05, 4.69) is 174 Å². The van der Waals surface area contributed by atoms with Gasteiger partial charge in [-0.15, -0.1) is 6.58 Å². The molecule has 0 saturated heterocycles. The van der Waals surface area contributed by atoms with Crippen molar-refractivity contribution in [3.8, 4) is 0 Å². The third-order valence-corrected chi connectivity index (χ3v) is 6.72. The summed E-state index contributed by atoms with van der Waals surface area (Å²) in [5.41, 5.74) is 5.23. The van der Waals surface area contributed by atoms with Crippen molar-refractivity contribution >= 4 is 0 Å². The molecule has 352 valence electrons. The molecule has 4 N–H and O–H groups in total. The van der Waals surface area contributed by atoms with E-state index in [0.29, 0.717) is 5.92 Å². The predicted molar refractivity (Wildman–Crippen MR) is 228 cm³/mol. The molecule has 0 rings (SSSR count). The minimum atomic E-state index is 0. The van der Waals surface area contributed by atoms with Crippen LogP contribution in [0.4, 0.5) is 0 Å². The third-order valence-electron chi connectivity index (χ3n) is 6.72. The van der Waals surface area contributed by atoms with Gasteiger partial charge >= 0.3 is 24.3 Å².